The van der Waals surface area contributed by atoms with Gasteiger partial charge in [-0.05, 0) is 76.6 Å². The summed E-state index contributed by atoms with van der Waals surface area (Å²) < 4.78 is 19.3. The fraction of sp³-hybridized carbons (Fsp3) is 0.279. The van der Waals surface area contributed by atoms with Crippen molar-refractivity contribution in [1.29, 1.82) is 0 Å². The molecule has 6 N–H and O–H groups in total. The summed E-state index contributed by atoms with van der Waals surface area (Å²) in [6.45, 7) is -0.528. The maximum atomic E-state index is 14.1. The van der Waals surface area contributed by atoms with Gasteiger partial charge >= 0.3 is 6.03 Å². The van der Waals surface area contributed by atoms with Crippen molar-refractivity contribution in [2.24, 2.45) is 0 Å². The van der Waals surface area contributed by atoms with Gasteiger partial charge in [0.2, 0.25) is 0 Å². The Morgan fingerprint density at radius 2 is 1.37 bits per heavy atom. The van der Waals surface area contributed by atoms with Crippen molar-refractivity contribution in [2.75, 3.05) is 18.6 Å². The molecule has 0 aromatic heterocycles. The molecular weight excluding hydrogens is 691 g/mol. The number of hydrogen-bond acceptors (Lipinski definition) is 8. The van der Waals surface area contributed by atoms with Gasteiger partial charge in [0.15, 0.2) is 0 Å². The summed E-state index contributed by atoms with van der Waals surface area (Å²) in [4.78, 5) is 17.4. The third kappa shape index (κ3) is 7.22. The summed E-state index contributed by atoms with van der Waals surface area (Å²) in [6, 6.07) is 34.2. The SMILES string of the molecule is CN1C(=O)N(c2ccc(-c3ccccc3)cc2)[C@H](c2ccc(-c3ccc(C4O[C@H](CO)[C@@H](O)[C@H](O)[C@H]4O)cc3)cc2O)[C@H]1CC[C@H](O)c1ccc(F)cc1. The molecular formula is C43H43FN2O8. The first kappa shape index (κ1) is 37.2. The number of urea groups is 1. The molecule has 0 radical (unpaired) electrons. The van der Waals surface area contributed by atoms with Gasteiger partial charge in [0.05, 0.1) is 24.8 Å². The minimum Gasteiger partial charge on any atom is -0.508 e. The van der Waals surface area contributed by atoms with Crippen LogP contribution in [0.5, 0.6) is 5.75 Å². The molecule has 0 spiro atoms. The zero-order chi connectivity index (χ0) is 38.1. The number of nitrogens with zero attached hydrogens (tertiary/aromatic N) is 2. The average Bonchev–Trinajstić information content (AvgIpc) is 3.44. The number of halogens is 1. The normalized spacial score (nSPS) is 24.9. The van der Waals surface area contributed by atoms with Crippen molar-refractivity contribution in [3.63, 3.8) is 0 Å². The van der Waals surface area contributed by atoms with Gasteiger partial charge in [-0.1, -0.05) is 91.0 Å². The summed E-state index contributed by atoms with van der Waals surface area (Å²) in [5.41, 5.74) is 5.69. The molecule has 2 aliphatic heterocycles. The largest absolute Gasteiger partial charge is 0.508 e. The van der Waals surface area contributed by atoms with E-state index in [4.69, 9.17) is 4.74 Å². The molecule has 2 amide bonds. The molecule has 7 rings (SSSR count). The fourth-order valence-corrected chi connectivity index (χ4v) is 7.62. The second-order valence-electron chi connectivity index (χ2n) is 14.0. The standard InChI is InChI=1S/C43H43FN2O8/c1-45-34(21-22-35(48)28-11-16-31(44)17-12-28)38(46(43(45)53)32-18-13-26(14-19-32)25-5-3-2-4-6-25)33-20-15-30(23-36(33)49)27-7-9-29(10-8-27)42-41(52)40(51)39(50)37(24-47)54-42/h2-20,23,34-35,37-42,47-52H,21-22,24H2,1H3/t34-,35+,37-,38-,39-,40+,41-,42?/m1/s1. The van der Waals surface area contributed by atoms with Crippen LogP contribution in [0.1, 0.15) is 47.8 Å². The third-order valence-electron chi connectivity index (χ3n) is 10.7. The molecule has 0 aliphatic carbocycles. The monoisotopic (exact) mass is 734 g/mol. The van der Waals surface area contributed by atoms with Crippen molar-refractivity contribution < 1.29 is 44.6 Å². The highest BCUT2D eigenvalue weighted by Crippen LogP contribution is 2.45. The van der Waals surface area contributed by atoms with E-state index in [0.717, 1.165) is 16.7 Å². The smallest absolute Gasteiger partial charge is 0.325 e. The van der Waals surface area contributed by atoms with Gasteiger partial charge in [-0.2, -0.15) is 0 Å². The number of rotatable bonds is 10. The second-order valence-corrected chi connectivity index (χ2v) is 14.0. The van der Waals surface area contributed by atoms with Gasteiger partial charge in [0.1, 0.15) is 42.1 Å². The van der Waals surface area contributed by atoms with Crippen LogP contribution in [0.25, 0.3) is 22.3 Å². The molecule has 54 heavy (non-hydrogen) atoms. The summed E-state index contributed by atoms with van der Waals surface area (Å²) in [7, 11) is 1.71. The molecule has 5 aromatic carbocycles. The molecule has 1 unspecified atom stereocenters. The van der Waals surface area contributed by atoms with Crippen LogP contribution in [0.4, 0.5) is 14.9 Å². The van der Waals surface area contributed by atoms with Gasteiger partial charge in [-0.15, -0.1) is 0 Å². The molecule has 2 fully saturated rings. The minimum atomic E-state index is -1.50. The first-order chi connectivity index (χ1) is 26.0. The second kappa shape index (κ2) is 15.7. The van der Waals surface area contributed by atoms with Crippen molar-refractivity contribution in [3.8, 4) is 28.0 Å². The Morgan fingerprint density at radius 3 is 2.02 bits per heavy atom. The van der Waals surface area contributed by atoms with Gasteiger partial charge in [0, 0.05) is 18.3 Å². The number of phenolic OH excluding ortho intramolecular Hbond substituents is 1. The molecule has 0 bridgehead atoms. The number of benzene rings is 5. The van der Waals surface area contributed by atoms with E-state index in [1.807, 2.05) is 60.7 Å². The van der Waals surface area contributed by atoms with Crippen LogP contribution in [-0.2, 0) is 4.74 Å². The number of amides is 2. The molecule has 2 saturated heterocycles. The molecule has 0 saturated carbocycles. The Morgan fingerprint density at radius 1 is 0.759 bits per heavy atom. The molecule has 2 heterocycles. The maximum Gasteiger partial charge on any atom is 0.325 e. The minimum absolute atomic E-state index is 0.0337. The van der Waals surface area contributed by atoms with Crippen molar-refractivity contribution in [1.82, 2.24) is 4.90 Å². The summed E-state index contributed by atoms with van der Waals surface area (Å²) >= 11 is 0. The van der Waals surface area contributed by atoms with E-state index in [9.17, 15) is 39.8 Å². The number of aliphatic hydroxyl groups is 5. The number of phenols is 1. The summed E-state index contributed by atoms with van der Waals surface area (Å²) in [5, 5.41) is 63.3. The first-order valence-corrected chi connectivity index (χ1v) is 17.9. The van der Waals surface area contributed by atoms with Crippen molar-refractivity contribution >= 4 is 11.7 Å². The van der Waals surface area contributed by atoms with E-state index in [-0.39, 0.29) is 18.2 Å². The number of carbonyl (C=O) groups excluding carboxylic acids is 1. The van der Waals surface area contributed by atoms with E-state index in [1.54, 1.807) is 65.4 Å². The van der Waals surface area contributed by atoms with Crippen LogP contribution in [0, 0.1) is 5.82 Å². The predicted molar refractivity (Wildman–Crippen MR) is 201 cm³/mol. The average molecular weight is 735 g/mol. The Hall–Kier alpha value is -5.14. The first-order valence-electron chi connectivity index (χ1n) is 17.9. The van der Waals surface area contributed by atoms with Crippen LogP contribution < -0.4 is 4.90 Å². The number of aromatic hydroxyl groups is 1. The molecule has 2 aliphatic rings. The van der Waals surface area contributed by atoms with Gasteiger partial charge in [-0.3, -0.25) is 4.90 Å². The number of anilines is 1. The van der Waals surface area contributed by atoms with E-state index in [2.05, 4.69) is 0 Å². The Bertz CT molecular complexity index is 2050. The number of ether oxygens (including phenoxy) is 1. The van der Waals surface area contributed by atoms with Crippen LogP contribution in [0.3, 0.4) is 0 Å². The molecule has 11 heteroatoms. The lowest BCUT2D eigenvalue weighted by Crippen LogP contribution is -2.55. The molecule has 10 nitrogen and oxygen atoms in total. The number of likely N-dealkylation sites (N-methyl/N-ethyl adjacent to an activating group) is 1. The lowest BCUT2D eigenvalue weighted by Gasteiger charge is -2.40. The van der Waals surface area contributed by atoms with Crippen LogP contribution in [-0.4, -0.2) is 85.7 Å². The van der Waals surface area contributed by atoms with Crippen LogP contribution in [0.15, 0.2) is 121 Å². The van der Waals surface area contributed by atoms with Crippen LogP contribution in [0.2, 0.25) is 0 Å². The number of aliphatic hydroxyl groups excluding tert-OH is 5. The highest BCUT2D eigenvalue weighted by molar-refractivity contribution is 5.96. The van der Waals surface area contributed by atoms with E-state index in [0.29, 0.717) is 34.4 Å². The molecule has 5 aromatic rings. The van der Waals surface area contributed by atoms with Gasteiger partial charge in [0.25, 0.3) is 0 Å². The topological polar surface area (TPSA) is 154 Å². The van der Waals surface area contributed by atoms with E-state index in [1.165, 1.54) is 12.1 Å². The number of carbonyl (C=O) groups is 1. The highest BCUT2D eigenvalue weighted by Gasteiger charge is 2.47. The highest BCUT2D eigenvalue weighted by atomic mass is 19.1. The van der Waals surface area contributed by atoms with E-state index < -0.39 is 61.1 Å². The van der Waals surface area contributed by atoms with Gasteiger partial charge < -0.3 is 40.3 Å². The lowest BCUT2D eigenvalue weighted by molar-refractivity contribution is -0.231. The molecule has 280 valence electrons. The third-order valence-corrected chi connectivity index (χ3v) is 10.7. The maximum absolute atomic E-state index is 14.1. The zero-order valence-corrected chi connectivity index (χ0v) is 29.6. The predicted octanol–water partition coefficient (Wildman–Crippen LogP) is 5.88. The Kier molecular flexibility index (Phi) is 10.8. The number of hydrogen-bond donors (Lipinski definition) is 6. The lowest BCUT2D eigenvalue weighted by atomic mass is 9.89. The quantitative estimate of drug-likeness (QED) is 0.104. The van der Waals surface area contributed by atoms with Crippen molar-refractivity contribution in [3.05, 3.63) is 144 Å². The zero-order valence-electron chi connectivity index (χ0n) is 29.6. The Labute approximate surface area is 312 Å². The summed E-state index contributed by atoms with van der Waals surface area (Å²) in [5.74, 6) is -0.432. The van der Waals surface area contributed by atoms with Crippen LogP contribution >= 0.6 is 0 Å². The fourth-order valence-electron chi connectivity index (χ4n) is 7.62. The van der Waals surface area contributed by atoms with Crippen molar-refractivity contribution in [2.45, 2.75) is 61.5 Å². The Balaban J connectivity index is 1.19. The van der Waals surface area contributed by atoms with E-state index >= 15 is 0 Å². The molecule has 8 atom stereocenters. The van der Waals surface area contributed by atoms with Gasteiger partial charge in [-0.25, -0.2) is 9.18 Å². The summed E-state index contributed by atoms with van der Waals surface area (Å²) in [6.07, 6.45) is -6.61.